The summed E-state index contributed by atoms with van der Waals surface area (Å²) in [6, 6.07) is 9.54. The summed E-state index contributed by atoms with van der Waals surface area (Å²) in [5, 5.41) is 4.41. The molecule has 2 aromatic heterocycles. The van der Waals surface area contributed by atoms with Crippen LogP contribution in [0, 0.1) is 5.82 Å². The Bertz CT molecular complexity index is 1290. The Morgan fingerprint density at radius 3 is 2.85 bits per heavy atom. The second-order valence-corrected chi connectivity index (χ2v) is 6.03. The molecule has 0 N–H and O–H groups in total. The minimum absolute atomic E-state index is 0.258. The van der Waals surface area contributed by atoms with E-state index < -0.39 is 5.82 Å². The highest BCUT2D eigenvalue weighted by molar-refractivity contribution is 6.16. The monoisotopic (exact) mass is 361 g/mol. The molecule has 5 rings (SSSR count). The van der Waals surface area contributed by atoms with E-state index in [4.69, 9.17) is 4.84 Å². The second-order valence-electron chi connectivity index (χ2n) is 6.03. The van der Waals surface area contributed by atoms with Crippen molar-refractivity contribution in [3.05, 3.63) is 82.7 Å². The molecule has 0 aliphatic carbocycles. The van der Waals surface area contributed by atoms with E-state index in [0.29, 0.717) is 33.7 Å². The molecule has 4 aromatic rings. The lowest BCUT2D eigenvalue weighted by Crippen LogP contribution is -2.22. The quantitative estimate of drug-likeness (QED) is 0.453. The van der Waals surface area contributed by atoms with Crippen molar-refractivity contribution < 1.29 is 9.23 Å². The van der Waals surface area contributed by atoms with Crippen LogP contribution in [0.1, 0.15) is 11.4 Å². The van der Waals surface area contributed by atoms with Crippen molar-refractivity contribution in [1.82, 2.24) is 19.1 Å². The molecule has 8 heteroatoms. The molecule has 27 heavy (non-hydrogen) atoms. The van der Waals surface area contributed by atoms with Gasteiger partial charge in [-0.05, 0) is 36.4 Å². The third-order valence-electron chi connectivity index (χ3n) is 4.50. The highest BCUT2D eigenvalue weighted by atomic mass is 19.1. The van der Waals surface area contributed by atoms with Gasteiger partial charge in [-0.1, -0.05) is 5.16 Å². The van der Waals surface area contributed by atoms with Gasteiger partial charge in [0.25, 0.3) is 5.56 Å². The summed E-state index contributed by atoms with van der Waals surface area (Å²) in [5.74, 6) is -0.101. The molecule has 0 fully saturated rings. The van der Waals surface area contributed by atoms with Crippen molar-refractivity contribution in [3.8, 4) is 11.4 Å². The maximum atomic E-state index is 13.8. The third kappa shape index (κ3) is 2.20. The second kappa shape index (κ2) is 5.60. The lowest BCUT2D eigenvalue weighted by molar-refractivity contribution is 0.214. The number of aromatic nitrogens is 4. The predicted octanol–water partition coefficient (Wildman–Crippen LogP) is 2.42. The number of oxime groups is 1. The van der Waals surface area contributed by atoms with Crippen molar-refractivity contribution >= 4 is 16.6 Å². The van der Waals surface area contributed by atoms with Crippen molar-refractivity contribution in [2.24, 2.45) is 5.16 Å². The first-order chi connectivity index (χ1) is 13.2. The summed E-state index contributed by atoms with van der Waals surface area (Å²) >= 11 is 0. The molecule has 0 bridgehead atoms. The third-order valence-corrected chi connectivity index (χ3v) is 4.50. The SMILES string of the molecule is CO/N=C1/c2cc(F)ccc2-n2c1nc1ccc(-n3ccnc3)cc1c2=O. The Labute approximate surface area is 152 Å². The molecule has 0 amide bonds. The summed E-state index contributed by atoms with van der Waals surface area (Å²) in [5.41, 5.74) is 2.37. The van der Waals surface area contributed by atoms with Crippen LogP contribution in [0.25, 0.3) is 22.3 Å². The Morgan fingerprint density at radius 2 is 2.07 bits per heavy atom. The van der Waals surface area contributed by atoms with Crippen LogP contribution in [0.5, 0.6) is 0 Å². The van der Waals surface area contributed by atoms with Crippen molar-refractivity contribution in [3.63, 3.8) is 0 Å². The number of fused-ring (bicyclic) bond motifs is 4. The summed E-state index contributed by atoms with van der Waals surface area (Å²) in [7, 11) is 1.39. The molecule has 3 heterocycles. The first kappa shape index (κ1) is 15.4. The van der Waals surface area contributed by atoms with E-state index in [1.807, 2.05) is 6.07 Å². The zero-order valence-corrected chi connectivity index (χ0v) is 14.1. The predicted molar refractivity (Wildman–Crippen MR) is 97.1 cm³/mol. The number of halogens is 1. The van der Waals surface area contributed by atoms with Gasteiger partial charge in [-0.15, -0.1) is 0 Å². The van der Waals surface area contributed by atoms with Gasteiger partial charge >= 0.3 is 0 Å². The van der Waals surface area contributed by atoms with Gasteiger partial charge in [-0.25, -0.2) is 14.4 Å². The first-order valence-electron chi connectivity index (χ1n) is 8.14. The lowest BCUT2D eigenvalue weighted by Gasteiger charge is -2.08. The van der Waals surface area contributed by atoms with E-state index in [2.05, 4.69) is 15.1 Å². The Kier molecular flexibility index (Phi) is 3.20. The van der Waals surface area contributed by atoms with E-state index in [9.17, 15) is 9.18 Å². The maximum absolute atomic E-state index is 13.8. The van der Waals surface area contributed by atoms with Gasteiger partial charge in [0.2, 0.25) is 0 Å². The van der Waals surface area contributed by atoms with E-state index in [1.165, 1.54) is 23.8 Å². The number of nitrogens with zero attached hydrogens (tertiary/aromatic N) is 5. The highest BCUT2D eigenvalue weighted by Gasteiger charge is 2.30. The van der Waals surface area contributed by atoms with Crippen LogP contribution in [0.15, 0.2) is 65.1 Å². The minimum Gasteiger partial charge on any atom is -0.399 e. The van der Waals surface area contributed by atoms with E-state index in [1.54, 1.807) is 41.5 Å². The van der Waals surface area contributed by atoms with Crippen molar-refractivity contribution in [2.45, 2.75) is 0 Å². The fraction of sp³-hybridized carbons (Fsp3) is 0.0526. The Balaban J connectivity index is 1.84. The average molecular weight is 361 g/mol. The molecule has 0 spiro atoms. The minimum atomic E-state index is -0.426. The molecule has 7 nitrogen and oxygen atoms in total. The lowest BCUT2D eigenvalue weighted by atomic mass is 10.1. The smallest absolute Gasteiger partial charge is 0.266 e. The standard InChI is InChI=1S/C19H12FN5O2/c1-27-23-17-14-8-11(20)2-5-16(14)25-18(17)22-15-4-3-12(9-13(15)19(25)26)24-7-6-21-10-24/h2-10H,1H3/b23-17-. The van der Waals surface area contributed by atoms with Crippen LogP contribution in [0.2, 0.25) is 0 Å². The summed E-state index contributed by atoms with van der Waals surface area (Å²) in [6.07, 6.45) is 5.11. The van der Waals surface area contributed by atoms with Gasteiger partial charge in [0.1, 0.15) is 12.9 Å². The topological polar surface area (TPSA) is 74.3 Å². The van der Waals surface area contributed by atoms with Crippen molar-refractivity contribution in [2.75, 3.05) is 7.11 Å². The van der Waals surface area contributed by atoms with Crippen LogP contribution < -0.4 is 5.56 Å². The molecular weight excluding hydrogens is 349 g/mol. The molecule has 1 aliphatic rings. The summed E-state index contributed by atoms with van der Waals surface area (Å²) in [4.78, 5) is 26.8. The molecule has 0 saturated heterocycles. The largest absolute Gasteiger partial charge is 0.399 e. The van der Waals surface area contributed by atoms with Crippen LogP contribution in [-0.2, 0) is 4.84 Å². The van der Waals surface area contributed by atoms with Gasteiger partial charge in [0.15, 0.2) is 11.5 Å². The van der Waals surface area contributed by atoms with Gasteiger partial charge in [0, 0.05) is 23.6 Å². The van der Waals surface area contributed by atoms with Gasteiger partial charge < -0.3 is 9.40 Å². The highest BCUT2D eigenvalue weighted by Crippen LogP contribution is 2.28. The van der Waals surface area contributed by atoms with Gasteiger partial charge in [-0.2, -0.15) is 0 Å². The van der Waals surface area contributed by atoms with Crippen molar-refractivity contribution in [1.29, 1.82) is 0 Å². The molecule has 132 valence electrons. The molecule has 0 unspecified atom stereocenters. The van der Waals surface area contributed by atoms with Crippen LogP contribution in [0.4, 0.5) is 4.39 Å². The zero-order chi connectivity index (χ0) is 18.5. The van der Waals surface area contributed by atoms with E-state index in [-0.39, 0.29) is 5.56 Å². The number of imidazole rings is 1. The number of hydrogen-bond donors (Lipinski definition) is 0. The van der Waals surface area contributed by atoms with Crippen LogP contribution >= 0.6 is 0 Å². The van der Waals surface area contributed by atoms with Gasteiger partial charge in [-0.3, -0.25) is 9.36 Å². The molecule has 1 aliphatic heterocycles. The maximum Gasteiger partial charge on any atom is 0.266 e. The van der Waals surface area contributed by atoms with Crippen LogP contribution in [-0.4, -0.2) is 31.9 Å². The fourth-order valence-electron chi connectivity index (χ4n) is 3.32. The molecule has 0 atom stereocenters. The normalized spacial score (nSPS) is 13.8. The molecular formula is C19H12FN5O2. The Morgan fingerprint density at radius 1 is 1.19 bits per heavy atom. The van der Waals surface area contributed by atoms with E-state index >= 15 is 0 Å². The zero-order valence-electron chi connectivity index (χ0n) is 14.1. The Hall–Kier alpha value is -3.81. The fourth-order valence-corrected chi connectivity index (χ4v) is 3.32. The average Bonchev–Trinajstić information content (AvgIpc) is 3.30. The van der Waals surface area contributed by atoms with Gasteiger partial charge in [0.05, 0.1) is 22.9 Å². The number of rotatable bonds is 2. The molecule has 2 aromatic carbocycles. The molecule has 0 radical (unpaired) electrons. The first-order valence-corrected chi connectivity index (χ1v) is 8.14. The number of hydrogen-bond acceptors (Lipinski definition) is 5. The summed E-state index contributed by atoms with van der Waals surface area (Å²) in [6.45, 7) is 0. The van der Waals surface area contributed by atoms with E-state index in [0.717, 1.165) is 5.69 Å². The number of benzene rings is 2. The molecule has 0 saturated carbocycles. The summed E-state index contributed by atoms with van der Waals surface area (Å²) < 4.78 is 17.0. The van der Waals surface area contributed by atoms with Crippen LogP contribution in [0.3, 0.4) is 0 Å².